The predicted octanol–water partition coefficient (Wildman–Crippen LogP) is 6.78. The maximum absolute atomic E-state index is 13.7. The topological polar surface area (TPSA) is 66.8 Å². The standard InChI is InChI=1S/C29H25F4NO4/c1-28(2,3)21-14-17(10-13-22(21)38-4)25(35)23-24(16-8-11-19(30)12-9-16)34(27(37)26(23)36)20-7-5-6-18(15-20)29(31,32)33/h5-15,24,35H,1-4H3/b25-23-. The Kier molecular flexibility index (Phi) is 6.82. The Bertz CT molecular complexity index is 1440. The van der Waals surface area contributed by atoms with E-state index in [1.54, 1.807) is 12.1 Å². The molecule has 198 valence electrons. The van der Waals surface area contributed by atoms with Gasteiger partial charge in [-0.05, 0) is 59.5 Å². The van der Waals surface area contributed by atoms with Crippen molar-refractivity contribution < 1.29 is 37.0 Å². The molecule has 1 atom stereocenters. The minimum Gasteiger partial charge on any atom is -0.507 e. The van der Waals surface area contributed by atoms with Crippen molar-refractivity contribution in [3.63, 3.8) is 0 Å². The summed E-state index contributed by atoms with van der Waals surface area (Å²) >= 11 is 0. The van der Waals surface area contributed by atoms with E-state index in [-0.39, 0.29) is 22.4 Å². The summed E-state index contributed by atoms with van der Waals surface area (Å²) in [5.41, 5.74) is -0.792. The lowest BCUT2D eigenvalue weighted by Crippen LogP contribution is -2.29. The van der Waals surface area contributed by atoms with Crippen molar-refractivity contribution in [2.75, 3.05) is 12.0 Å². The van der Waals surface area contributed by atoms with Gasteiger partial charge in [-0.1, -0.05) is 39.0 Å². The molecule has 1 amide bonds. The average Bonchev–Trinajstić information content (AvgIpc) is 3.13. The van der Waals surface area contributed by atoms with Gasteiger partial charge in [-0.25, -0.2) is 4.39 Å². The maximum Gasteiger partial charge on any atom is 0.416 e. The van der Waals surface area contributed by atoms with Crippen LogP contribution in [0, 0.1) is 5.82 Å². The summed E-state index contributed by atoms with van der Waals surface area (Å²) in [6.45, 7) is 5.79. The number of aliphatic hydroxyl groups excluding tert-OH is 1. The number of carbonyl (C=O) groups is 2. The van der Waals surface area contributed by atoms with Crippen molar-refractivity contribution in [1.29, 1.82) is 0 Å². The second-order valence-electron chi connectivity index (χ2n) is 9.93. The fourth-order valence-electron chi connectivity index (χ4n) is 4.49. The molecule has 38 heavy (non-hydrogen) atoms. The van der Waals surface area contributed by atoms with Crippen LogP contribution < -0.4 is 9.64 Å². The third-order valence-electron chi connectivity index (χ3n) is 6.36. The number of amides is 1. The van der Waals surface area contributed by atoms with Crippen LogP contribution in [0.25, 0.3) is 5.76 Å². The van der Waals surface area contributed by atoms with Gasteiger partial charge >= 0.3 is 6.18 Å². The first-order valence-electron chi connectivity index (χ1n) is 11.7. The number of methoxy groups -OCH3 is 1. The molecular weight excluding hydrogens is 502 g/mol. The van der Waals surface area contributed by atoms with Crippen LogP contribution in [-0.4, -0.2) is 23.9 Å². The molecule has 1 fully saturated rings. The monoisotopic (exact) mass is 527 g/mol. The molecule has 0 radical (unpaired) electrons. The van der Waals surface area contributed by atoms with Crippen molar-refractivity contribution >= 4 is 23.1 Å². The van der Waals surface area contributed by atoms with Gasteiger partial charge in [-0.15, -0.1) is 0 Å². The van der Waals surface area contributed by atoms with Crippen molar-refractivity contribution in [3.05, 3.63) is 100 Å². The smallest absolute Gasteiger partial charge is 0.416 e. The molecule has 1 unspecified atom stereocenters. The maximum atomic E-state index is 13.7. The number of benzene rings is 3. The van der Waals surface area contributed by atoms with Crippen LogP contribution in [0.3, 0.4) is 0 Å². The molecule has 0 aliphatic carbocycles. The highest BCUT2D eigenvalue weighted by Gasteiger charge is 2.47. The van der Waals surface area contributed by atoms with E-state index in [0.717, 1.165) is 40.8 Å². The molecule has 0 bridgehead atoms. The number of rotatable bonds is 4. The van der Waals surface area contributed by atoms with Crippen molar-refractivity contribution in [3.8, 4) is 5.75 Å². The third kappa shape index (κ3) is 4.88. The number of anilines is 1. The molecule has 0 saturated carbocycles. The largest absolute Gasteiger partial charge is 0.507 e. The number of nitrogens with zero attached hydrogens (tertiary/aromatic N) is 1. The van der Waals surface area contributed by atoms with E-state index < -0.39 is 46.5 Å². The van der Waals surface area contributed by atoms with Crippen LogP contribution in [0.4, 0.5) is 23.2 Å². The first-order chi connectivity index (χ1) is 17.7. The minimum absolute atomic E-state index is 0.194. The minimum atomic E-state index is -4.69. The van der Waals surface area contributed by atoms with Crippen LogP contribution in [-0.2, 0) is 21.2 Å². The van der Waals surface area contributed by atoms with Crippen LogP contribution in [0.1, 0.15) is 49.1 Å². The van der Waals surface area contributed by atoms with Crippen LogP contribution in [0.15, 0.2) is 72.3 Å². The van der Waals surface area contributed by atoms with E-state index in [0.29, 0.717) is 5.75 Å². The first-order valence-corrected chi connectivity index (χ1v) is 11.7. The second-order valence-corrected chi connectivity index (χ2v) is 9.93. The van der Waals surface area contributed by atoms with Gasteiger partial charge in [0.05, 0.1) is 24.3 Å². The van der Waals surface area contributed by atoms with Crippen molar-refractivity contribution in [2.24, 2.45) is 0 Å². The Morgan fingerprint density at radius 1 is 0.947 bits per heavy atom. The Morgan fingerprint density at radius 3 is 2.18 bits per heavy atom. The Hall–Kier alpha value is -4.14. The molecule has 1 N–H and O–H groups in total. The van der Waals surface area contributed by atoms with Crippen LogP contribution in [0.2, 0.25) is 0 Å². The van der Waals surface area contributed by atoms with Crippen molar-refractivity contribution in [1.82, 2.24) is 0 Å². The summed E-state index contributed by atoms with van der Waals surface area (Å²) in [4.78, 5) is 27.5. The zero-order chi connectivity index (χ0) is 28.0. The number of Topliss-reactive ketones (excluding diaryl/α,β-unsaturated/α-hetero) is 1. The molecule has 9 heteroatoms. The molecule has 0 spiro atoms. The van der Waals surface area contributed by atoms with E-state index in [1.165, 1.54) is 31.4 Å². The van der Waals surface area contributed by atoms with E-state index in [1.807, 2.05) is 20.8 Å². The quantitative estimate of drug-likeness (QED) is 0.176. The molecule has 3 aromatic carbocycles. The second kappa shape index (κ2) is 9.63. The van der Waals surface area contributed by atoms with E-state index in [4.69, 9.17) is 4.74 Å². The zero-order valence-electron chi connectivity index (χ0n) is 21.1. The highest BCUT2D eigenvalue weighted by atomic mass is 19.4. The third-order valence-corrected chi connectivity index (χ3v) is 6.36. The SMILES string of the molecule is COc1ccc(/C(O)=C2/C(=O)C(=O)N(c3cccc(C(F)(F)F)c3)C2c2ccc(F)cc2)cc1C(C)(C)C. The van der Waals surface area contributed by atoms with Crippen LogP contribution >= 0.6 is 0 Å². The average molecular weight is 528 g/mol. The first kappa shape index (κ1) is 26.9. The molecule has 1 saturated heterocycles. The van der Waals surface area contributed by atoms with E-state index >= 15 is 0 Å². The van der Waals surface area contributed by atoms with Gasteiger partial charge in [0.15, 0.2) is 0 Å². The Balaban J connectivity index is 1.96. The highest BCUT2D eigenvalue weighted by Crippen LogP contribution is 2.44. The number of ketones is 1. The number of alkyl halides is 3. The molecule has 5 nitrogen and oxygen atoms in total. The van der Waals surface area contributed by atoms with Crippen LogP contribution in [0.5, 0.6) is 5.75 Å². The highest BCUT2D eigenvalue weighted by molar-refractivity contribution is 6.51. The normalized spacial score (nSPS) is 17.7. The van der Waals surface area contributed by atoms with Gasteiger partial charge in [-0.2, -0.15) is 13.2 Å². The van der Waals surface area contributed by atoms with Gasteiger partial charge in [0.1, 0.15) is 17.3 Å². The summed E-state index contributed by atoms with van der Waals surface area (Å²) in [5.74, 6) is -2.75. The number of aliphatic hydroxyl groups is 1. The van der Waals surface area contributed by atoms with Gasteiger partial charge < -0.3 is 9.84 Å². The van der Waals surface area contributed by atoms with Crippen molar-refractivity contribution in [2.45, 2.75) is 38.4 Å². The van der Waals surface area contributed by atoms with E-state index in [9.17, 15) is 32.3 Å². The number of carbonyl (C=O) groups excluding carboxylic acids is 2. The number of hydrogen-bond acceptors (Lipinski definition) is 4. The fourth-order valence-corrected chi connectivity index (χ4v) is 4.49. The number of ether oxygens (including phenoxy) is 1. The van der Waals surface area contributed by atoms with Gasteiger partial charge in [-0.3, -0.25) is 14.5 Å². The fraction of sp³-hybridized carbons (Fsp3) is 0.241. The predicted molar refractivity (Wildman–Crippen MR) is 134 cm³/mol. The number of hydrogen-bond donors (Lipinski definition) is 1. The lowest BCUT2D eigenvalue weighted by molar-refractivity contribution is -0.137. The summed E-state index contributed by atoms with van der Waals surface area (Å²) in [6.07, 6.45) is -4.69. The summed E-state index contributed by atoms with van der Waals surface area (Å²) < 4.78 is 59.5. The van der Waals surface area contributed by atoms with E-state index in [2.05, 4.69) is 0 Å². The molecule has 1 aliphatic heterocycles. The Labute approximate surface area is 217 Å². The molecule has 3 aromatic rings. The molecular formula is C29H25F4NO4. The summed E-state index contributed by atoms with van der Waals surface area (Å²) in [6, 6.07) is 12.3. The van der Waals surface area contributed by atoms with Gasteiger partial charge in [0.25, 0.3) is 11.7 Å². The van der Waals surface area contributed by atoms with Gasteiger partial charge in [0, 0.05) is 16.8 Å². The molecule has 1 heterocycles. The zero-order valence-corrected chi connectivity index (χ0v) is 21.1. The Morgan fingerprint density at radius 2 is 1.61 bits per heavy atom. The molecule has 1 aliphatic rings. The van der Waals surface area contributed by atoms with Gasteiger partial charge in [0.2, 0.25) is 0 Å². The summed E-state index contributed by atoms with van der Waals surface area (Å²) in [5, 5.41) is 11.4. The molecule has 0 aromatic heterocycles. The molecule has 4 rings (SSSR count). The summed E-state index contributed by atoms with van der Waals surface area (Å²) in [7, 11) is 1.50. The lowest BCUT2D eigenvalue weighted by atomic mass is 9.84. The lowest BCUT2D eigenvalue weighted by Gasteiger charge is -2.26. The number of halogens is 4.